The maximum atomic E-state index is 11.6. The number of halogens is 1. The van der Waals surface area contributed by atoms with Crippen LogP contribution in [0.4, 0.5) is 17.3 Å². The van der Waals surface area contributed by atoms with Crippen molar-refractivity contribution in [1.82, 2.24) is 9.97 Å². The van der Waals surface area contributed by atoms with Gasteiger partial charge in [-0.05, 0) is 60.4 Å². The minimum absolute atomic E-state index is 0.177. The van der Waals surface area contributed by atoms with Gasteiger partial charge in [-0.15, -0.1) is 0 Å². The van der Waals surface area contributed by atoms with Gasteiger partial charge in [-0.25, -0.2) is 4.98 Å². The Hall–Kier alpha value is -4.56. The molecule has 0 aliphatic rings. The largest absolute Gasteiger partial charge is 0.495 e. The molecule has 1 amide bonds. The first-order valence-electron chi connectivity index (χ1n) is 12.3. The molecular weight excluding hydrogens is 516 g/mol. The van der Waals surface area contributed by atoms with Crippen LogP contribution >= 0.6 is 11.6 Å². The summed E-state index contributed by atoms with van der Waals surface area (Å²) in [7, 11) is 1.62. The maximum Gasteiger partial charge on any atom is 0.247 e. The molecule has 39 heavy (non-hydrogen) atoms. The van der Waals surface area contributed by atoms with Crippen molar-refractivity contribution in [3.63, 3.8) is 0 Å². The molecule has 0 bridgehead atoms. The Balaban J connectivity index is 1.49. The molecule has 3 aromatic carbocycles. The molecule has 0 unspecified atom stereocenters. The van der Waals surface area contributed by atoms with E-state index in [9.17, 15) is 4.79 Å². The smallest absolute Gasteiger partial charge is 0.247 e. The summed E-state index contributed by atoms with van der Waals surface area (Å²) in [5, 5.41) is 6.13. The summed E-state index contributed by atoms with van der Waals surface area (Å²) in [6.07, 6.45) is 3.62. The van der Waals surface area contributed by atoms with Gasteiger partial charge in [0, 0.05) is 17.8 Å². The van der Waals surface area contributed by atoms with Crippen LogP contribution in [0.15, 0.2) is 85.6 Å². The monoisotopic (exact) mass is 544 g/mol. The Morgan fingerprint density at radius 3 is 2.46 bits per heavy atom. The van der Waals surface area contributed by atoms with E-state index >= 15 is 0 Å². The zero-order chi connectivity index (χ0) is 27.8. The summed E-state index contributed by atoms with van der Waals surface area (Å²) in [4.78, 5) is 20.3. The van der Waals surface area contributed by atoms with Crippen LogP contribution in [0.3, 0.4) is 0 Å². The van der Waals surface area contributed by atoms with Gasteiger partial charge in [-0.1, -0.05) is 50.2 Å². The molecule has 0 fully saturated rings. The SMILES string of the molecule is C=CC(=O)Nc1cccc(Oc2cccc(Oc3nc(Nc4ccc(CC(C)C)cc4OC)ncc3Cl)c2)c1. The molecule has 0 atom stereocenters. The molecule has 1 heterocycles. The van der Waals surface area contributed by atoms with Gasteiger partial charge in [0.05, 0.1) is 19.0 Å². The molecule has 0 aliphatic carbocycles. The minimum atomic E-state index is -0.306. The van der Waals surface area contributed by atoms with Crippen molar-refractivity contribution in [3.05, 3.63) is 96.2 Å². The van der Waals surface area contributed by atoms with E-state index < -0.39 is 0 Å². The molecule has 0 saturated heterocycles. The highest BCUT2D eigenvalue weighted by Crippen LogP contribution is 2.33. The third-order valence-corrected chi connectivity index (χ3v) is 5.67. The number of nitrogens with zero attached hydrogens (tertiary/aromatic N) is 2. The van der Waals surface area contributed by atoms with Gasteiger partial charge in [0.1, 0.15) is 28.0 Å². The number of carbonyl (C=O) groups excluding carboxylic acids is 1. The number of rotatable bonds is 11. The summed E-state index contributed by atoms with van der Waals surface area (Å²) in [5.74, 6) is 2.92. The van der Waals surface area contributed by atoms with E-state index in [4.69, 9.17) is 25.8 Å². The van der Waals surface area contributed by atoms with Crippen molar-refractivity contribution in [2.45, 2.75) is 20.3 Å². The lowest BCUT2D eigenvalue weighted by molar-refractivity contribution is -0.111. The van der Waals surface area contributed by atoms with Gasteiger partial charge in [0.2, 0.25) is 17.7 Å². The fraction of sp³-hybridized carbons (Fsp3) is 0.167. The van der Waals surface area contributed by atoms with Crippen molar-refractivity contribution in [1.29, 1.82) is 0 Å². The van der Waals surface area contributed by atoms with Crippen LogP contribution < -0.4 is 24.8 Å². The number of methoxy groups -OCH3 is 1. The van der Waals surface area contributed by atoms with Gasteiger partial charge in [0.25, 0.3) is 0 Å². The average Bonchev–Trinajstić information content (AvgIpc) is 2.91. The number of carbonyl (C=O) groups is 1. The second-order valence-corrected chi connectivity index (χ2v) is 9.41. The van der Waals surface area contributed by atoms with Crippen LogP contribution in [0.5, 0.6) is 28.9 Å². The number of ether oxygens (including phenoxy) is 3. The quantitative estimate of drug-likeness (QED) is 0.186. The third-order valence-electron chi connectivity index (χ3n) is 5.41. The minimum Gasteiger partial charge on any atom is -0.495 e. The van der Waals surface area contributed by atoms with E-state index in [1.54, 1.807) is 55.6 Å². The Labute approximate surface area is 232 Å². The molecule has 4 rings (SSSR count). The molecule has 4 aromatic rings. The lowest BCUT2D eigenvalue weighted by atomic mass is 10.0. The van der Waals surface area contributed by atoms with Gasteiger partial charge in [-0.3, -0.25) is 4.79 Å². The fourth-order valence-electron chi connectivity index (χ4n) is 3.72. The lowest BCUT2D eigenvalue weighted by Gasteiger charge is -2.14. The topological polar surface area (TPSA) is 94.6 Å². The normalized spacial score (nSPS) is 10.6. The Bertz CT molecular complexity index is 1480. The fourth-order valence-corrected chi connectivity index (χ4v) is 3.85. The van der Waals surface area contributed by atoms with Crippen molar-refractivity contribution < 1.29 is 19.0 Å². The Morgan fingerprint density at radius 2 is 1.74 bits per heavy atom. The van der Waals surface area contributed by atoms with Crippen molar-refractivity contribution in [2.75, 3.05) is 17.7 Å². The lowest BCUT2D eigenvalue weighted by Crippen LogP contribution is -2.06. The summed E-state index contributed by atoms with van der Waals surface area (Å²) in [6, 6.07) is 20.0. The molecule has 8 nitrogen and oxygen atoms in total. The molecular formula is C30H29ClN4O4. The first-order chi connectivity index (χ1) is 18.8. The second kappa shape index (κ2) is 12.8. The van der Waals surface area contributed by atoms with Crippen molar-refractivity contribution in [2.24, 2.45) is 5.92 Å². The van der Waals surface area contributed by atoms with Crippen LogP contribution in [0.1, 0.15) is 19.4 Å². The molecule has 0 spiro atoms. The standard InChI is InChI=1S/C30H29ClN4O4/c1-5-28(36)33-21-8-6-9-22(16-21)38-23-10-7-11-24(17-23)39-29-25(31)18-32-30(35-29)34-26-13-12-20(14-19(2)3)15-27(26)37-4/h5-13,15-19H,1,14H2,2-4H3,(H,33,36)(H,32,34,35). The molecule has 0 aliphatic heterocycles. The highest BCUT2D eigenvalue weighted by molar-refractivity contribution is 6.31. The van der Waals surface area contributed by atoms with Crippen LogP contribution in [0.25, 0.3) is 0 Å². The first-order valence-corrected chi connectivity index (χ1v) is 12.7. The zero-order valence-corrected chi connectivity index (χ0v) is 22.7. The number of aromatic nitrogens is 2. The number of nitrogens with one attached hydrogen (secondary N) is 2. The van der Waals surface area contributed by atoms with Gasteiger partial charge in [-0.2, -0.15) is 4.98 Å². The summed E-state index contributed by atoms with van der Waals surface area (Å²) < 4.78 is 17.5. The number of hydrogen-bond acceptors (Lipinski definition) is 7. The summed E-state index contributed by atoms with van der Waals surface area (Å²) >= 11 is 6.34. The molecule has 200 valence electrons. The average molecular weight is 545 g/mol. The van der Waals surface area contributed by atoms with Crippen LogP contribution in [-0.2, 0) is 11.2 Å². The third kappa shape index (κ3) is 7.72. The number of amides is 1. The van der Waals surface area contributed by atoms with Gasteiger partial charge >= 0.3 is 0 Å². The number of benzene rings is 3. The van der Waals surface area contributed by atoms with E-state index in [1.165, 1.54) is 17.8 Å². The van der Waals surface area contributed by atoms with Crippen molar-refractivity contribution >= 4 is 34.8 Å². The molecule has 1 aromatic heterocycles. The molecule has 9 heteroatoms. The maximum absolute atomic E-state index is 11.6. The van der Waals surface area contributed by atoms with Crippen LogP contribution in [-0.4, -0.2) is 23.0 Å². The zero-order valence-electron chi connectivity index (χ0n) is 21.9. The predicted octanol–water partition coefficient (Wildman–Crippen LogP) is 7.79. The summed E-state index contributed by atoms with van der Waals surface area (Å²) in [6.45, 7) is 7.81. The van der Waals surface area contributed by atoms with Gasteiger partial charge in [0.15, 0.2) is 0 Å². The predicted molar refractivity (Wildman–Crippen MR) is 154 cm³/mol. The van der Waals surface area contributed by atoms with E-state index in [0.717, 1.165) is 12.1 Å². The van der Waals surface area contributed by atoms with E-state index in [2.05, 4.69) is 41.0 Å². The van der Waals surface area contributed by atoms with Crippen LogP contribution in [0, 0.1) is 5.92 Å². The Morgan fingerprint density at radius 1 is 1.03 bits per heavy atom. The second-order valence-electron chi connectivity index (χ2n) is 9.00. The van der Waals surface area contributed by atoms with Crippen molar-refractivity contribution in [3.8, 4) is 28.9 Å². The number of hydrogen-bond donors (Lipinski definition) is 2. The summed E-state index contributed by atoms with van der Waals surface area (Å²) in [5.41, 5.74) is 2.49. The molecule has 0 saturated carbocycles. The highest BCUT2D eigenvalue weighted by Gasteiger charge is 2.12. The first kappa shape index (κ1) is 27.5. The Kier molecular flexibility index (Phi) is 9.01. The van der Waals surface area contributed by atoms with Gasteiger partial charge < -0.3 is 24.8 Å². The van der Waals surface area contributed by atoms with E-state index in [0.29, 0.717) is 40.6 Å². The molecule has 2 N–H and O–H groups in total. The van der Waals surface area contributed by atoms with Crippen LogP contribution in [0.2, 0.25) is 5.02 Å². The van der Waals surface area contributed by atoms with E-state index in [1.807, 2.05) is 18.2 Å². The molecule has 0 radical (unpaired) electrons. The number of anilines is 3. The highest BCUT2D eigenvalue weighted by atomic mass is 35.5. The van der Waals surface area contributed by atoms with E-state index in [-0.39, 0.29) is 16.8 Å².